The van der Waals surface area contributed by atoms with Gasteiger partial charge in [0, 0.05) is 30.8 Å². The van der Waals surface area contributed by atoms with Crippen LogP contribution in [-0.2, 0) is 6.54 Å². The van der Waals surface area contributed by atoms with Crippen molar-refractivity contribution in [3.05, 3.63) is 60.2 Å². The van der Waals surface area contributed by atoms with Crippen molar-refractivity contribution >= 4 is 17.7 Å². The molecule has 0 aliphatic carbocycles. The minimum Gasteiger partial charge on any atom is -0.496 e. The van der Waals surface area contributed by atoms with Crippen LogP contribution in [0.2, 0.25) is 0 Å². The number of benzene rings is 2. The molecule has 0 aliphatic rings. The number of hydrogen-bond acceptors (Lipinski definition) is 3. The maximum absolute atomic E-state index is 5.40. The third kappa shape index (κ3) is 6.70. The molecule has 0 saturated carbocycles. The molecule has 0 aromatic heterocycles. The van der Waals surface area contributed by atoms with E-state index in [1.807, 2.05) is 48.2 Å². The molecule has 2 N–H and O–H groups in total. The largest absolute Gasteiger partial charge is 0.496 e. The zero-order chi connectivity index (χ0) is 17.9. The number of nitrogens with one attached hydrogen (secondary N) is 2. The Bertz CT molecular complexity index is 661. The quantitative estimate of drug-likeness (QED) is 0.429. The summed E-state index contributed by atoms with van der Waals surface area (Å²) in [6, 6.07) is 18.5. The first-order valence-electron chi connectivity index (χ1n) is 8.47. The van der Waals surface area contributed by atoms with Crippen molar-refractivity contribution < 1.29 is 4.74 Å². The third-order valence-electron chi connectivity index (χ3n) is 3.74. The van der Waals surface area contributed by atoms with Gasteiger partial charge in [-0.15, -0.1) is 11.8 Å². The molecule has 0 aliphatic heterocycles. The minimum absolute atomic E-state index is 0.505. The molecule has 0 spiro atoms. The number of ether oxygens (including phenoxy) is 1. The number of hydrogen-bond donors (Lipinski definition) is 2. The molecule has 25 heavy (non-hydrogen) atoms. The van der Waals surface area contributed by atoms with E-state index in [-0.39, 0.29) is 0 Å². The van der Waals surface area contributed by atoms with Crippen molar-refractivity contribution in [2.45, 2.75) is 18.4 Å². The van der Waals surface area contributed by atoms with Gasteiger partial charge in [0.15, 0.2) is 5.96 Å². The molecular formula is C20H27N3OS. The van der Waals surface area contributed by atoms with Crippen LogP contribution in [-0.4, -0.2) is 32.4 Å². The molecule has 0 radical (unpaired) electrons. The second-order valence-electron chi connectivity index (χ2n) is 5.86. The van der Waals surface area contributed by atoms with Gasteiger partial charge in [-0.25, -0.2) is 0 Å². The maximum Gasteiger partial charge on any atom is 0.191 e. The molecule has 5 heteroatoms. The summed E-state index contributed by atoms with van der Waals surface area (Å²) in [6.45, 7) is 3.88. The molecule has 4 nitrogen and oxygen atoms in total. The molecule has 134 valence electrons. The van der Waals surface area contributed by atoms with E-state index in [9.17, 15) is 0 Å². The molecule has 0 saturated heterocycles. The number of nitrogens with zero attached hydrogens (tertiary/aromatic N) is 1. The SMILES string of the molecule is CN=C(NCc1ccccc1)NCC(C)CSc1ccccc1OC. The van der Waals surface area contributed by atoms with E-state index in [4.69, 9.17) is 4.74 Å². The van der Waals surface area contributed by atoms with Crippen LogP contribution >= 0.6 is 11.8 Å². The van der Waals surface area contributed by atoms with Crippen molar-refractivity contribution in [3.8, 4) is 5.75 Å². The van der Waals surface area contributed by atoms with Crippen molar-refractivity contribution in [2.75, 3.05) is 26.5 Å². The second-order valence-corrected chi connectivity index (χ2v) is 6.92. The Balaban J connectivity index is 1.73. The Morgan fingerprint density at radius 1 is 1.08 bits per heavy atom. The van der Waals surface area contributed by atoms with Gasteiger partial charge in [-0.05, 0) is 23.6 Å². The minimum atomic E-state index is 0.505. The number of para-hydroxylation sites is 1. The van der Waals surface area contributed by atoms with Gasteiger partial charge in [-0.1, -0.05) is 49.4 Å². The number of thioether (sulfide) groups is 1. The van der Waals surface area contributed by atoms with E-state index >= 15 is 0 Å². The highest BCUT2D eigenvalue weighted by molar-refractivity contribution is 7.99. The Kier molecular flexibility index (Phi) is 8.19. The van der Waals surface area contributed by atoms with E-state index in [1.165, 1.54) is 10.5 Å². The predicted octanol–water partition coefficient (Wildman–Crippen LogP) is 3.79. The summed E-state index contributed by atoms with van der Waals surface area (Å²) < 4.78 is 5.40. The summed E-state index contributed by atoms with van der Waals surface area (Å²) in [7, 11) is 3.52. The zero-order valence-corrected chi connectivity index (χ0v) is 16.0. The van der Waals surface area contributed by atoms with Crippen LogP contribution in [0.25, 0.3) is 0 Å². The fourth-order valence-electron chi connectivity index (χ4n) is 2.30. The van der Waals surface area contributed by atoms with E-state index in [1.54, 1.807) is 14.2 Å². The summed E-state index contributed by atoms with van der Waals surface area (Å²) in [5, 5.41) is 6.74. The van der Waals surface area contributed by atoms with Gasteiger partial charge in [-0.3, -0.25) is 4.99 Å². The molecule has 2 rings (SSSR count). The van der Waals surface area contributed by atoms with Gasteiger partial charge < -0.3 is 15.4 Å². The number of rotatable bonds is 8. The standard InChI is InChI=1S/C20H27N3OS/c1-16(15-25-19-12-8-7-11-18(19)24-3)13-22-20(21-2)23-14-17-9-5-4-6-10-17/h4-12,16H,13-15H2,1-3H3,(H2,21,22,23). The van der Waals surface area contributed by atoms with Crippen molar-refractivity contribution in [3.63, 3.8) is 0 Å². The summed E-state index contributed by atoms with van der Waals surface area (Å²) in [5.74, 6) is 3.29. The van der Waals surface area contributed by atoms with Crippen molar-refractivity contribution in [1.29, 1.82) is 0 Å². The van der Waals surface area contributed by atoms with Crippen LogP contribution in [0.3, 0.4) is 0 Å². The van der Waals surface area contributed by atoms with Crippen LogP contribution in [0.15, 0.2) is 64.5 Å². The van der Waals surface area contributed by atoms with E-state index in [2.05, 4.69) is 40.7 Å². The van der Waals surface area contributed by atoms with E-state index < -0.39 is 0 Å². The fourth-order valence-corrected chi connectivity index (χ4v) is 3.35. The van der Waals surface area contributed by atoms with Crippen LogP contribution in [0, 0.1) is 5.92 Å². The number of methoxy groups -OCH3 is 1. The van der Waals surface area contributed by atoms with Crippen molar-refractivity contribution in [2.24, 2.45) is 10.9 Å². The van der Waals surface area contributed by atoms with Gasteiger partial charge in [0.05, 0.1) is 7.11 Å². The fraction of sp³-hybridized carbons (Fsp3) is 0.350. The van der Waals surface area contributed by atoms with Crippen LogP contribution < -0.4 is 15.4 Å². The molecule has 2 aromatic carbocycles. The van der Waals surface area contributed by atoms with Crippen LogP contribution in [0.4, 0.5) is 0 Å². The first-order valence-corrected chi connectivity index (χ1v) is 9.45. The van der Waals surface area contributed by atoms with Gasteiger partial charge in [0.25, 0.3) is 0 Å². The molecule has 1 unspecified atom stereocenters. The van der Waals surface area contributed by atoms with E-state index in [0.717, 1.165) is 30.6 Å². The highest BCUT2D eigenvalue weighted by Gasteiger charge is 2.08. The lowest BCUT2D eigenvalue weighted by atomic mass is 10.2. The molecule has 1 atom stereocenters. The molecule has 2 aromatic rings. The van der Waals surface area contributed by atoms with Gasteiger partial charge >= 0.3 is 0 Å². The summed E-state index contributed by atoms with van der Waals surface area (Å²) in [5.41, 5.74) is 1.24. The Hall–Kier alpha value is -2.14. The topological polar surface area (TPSA) is 45.7 Å². The first kappa shape index (κ1) is 19.2. The lowest BCUT2D eigenvalue weighted by Crippen LogP contribution is -2.39. The average molecular weight is 358 g/mol. The lowest BCUT2D eigenvalue weighted by molar-refractivity contribution is 0.405. The zero-order valence-electron chi connectivity index (χ0n) is 15.2. The molecular weight excluding hydrogens is 330 g/mol. The molecule has 0 amide bonds. The molecule has 0 bridgehead atoms. The monoisotopic (exact) mass is 357 g/mol. The van der Waals surface area contributed by atoms with Gasteiger partial charge in [-0.2, -0.15) is 0 Å². The van der Waals surface area contributed by atoms with Gasteiger partial charge in [0.2, 0.25) is 0 Å². The smallest absolute Gasteiger partial charge is 0.191 e. The summed E-state index contributed by atoms with van der Waals surface area (Å²) in [4.78, 5) is 5.47. The highest BCUT2D eigenvalue weighted by atomic mass is 32.2. The second kappa shape index (κ2) is 10.7. The average Bonchev–Trinajstić information content (AvgIpc) is 2.67. The third-order valence-corrected chi connectivity index (χ3v) is 5.12. The van der Waals surface area contributed by atoms with Gasteiger partial charge in [0.1, 0.15) is 5.75 Å². The number of aliphatic imine (C=N–C) groups is 1. The normalized spacial score (nSPS) is 12.5. The lowest BCUT2D eigenvalue weighted by Gasteiger charge is -2.16. The predicted molar refractivity (Wildman–Crippen MR) is 108 cm³/mol. The molecule has 0 fully saturated rings. The summed E-state index contributed by atoms with van der Waals surface area (Å²) in [6.07, 6.45) is 0. The Morgan fingerprint density at radius 3 is 2.52 bits per heavy atom. The molecule has 0 heterocycles. The Morgan fingerprint density at radius 2 is 1.80 bits per heavy atom. The maximum atomic E-state index is 5.40. The van der Waals surface area contributed by atoms with Crippen LogP contribution in [0.1, 0.15) is 12.5 Å². The number of guanidine groups is 1. The summed E-state index contributed by atoms with van der Waals surface area (Å²) >= 11 is 1.82. The Labute approximate surface area is 155 Å². The highest BCUT2D eigenvalue weighted by Crippen LogP contribution is 2.29. The van der Waals surface area contributed by atoms with Crippen LogP contribution in [0.5, 0.6) is 5.75 Å². The van der Waals surface area contributed by atoms with E-state index in [0.29, 0.717) is 5.92 Å². The first-order chi connectivity index (χ1) is 12.2. The van der Waals surface area contributed by atoms with Crippen molar-refractivity contribution in [1.82, 2.24) is 10.6 Å².